The highest BCUT2D eigenvalue weighted by molar-refractivity contribution is 5.38. The molecule has 1 heterocycles. The van der Waals surface area contributed by atoms with Gasteiger partial charge in [0.1, 0.15) is 6.26 Å². The number of allylic oxidation sites excluding steroid dienone is 4. The fourth-order valence-corrected chi connectivity index (χ4v) is 7.88. The van der Waals surface area contributed by atoms with Crippen LogP contribution in [0.15, 0.2) is 58.3 Å². The van der Waals surface area contributed by atoms with Crippen LogP contribution in [0.5, 0.6) is 0 Å². The van der Waals surface area contributed by atoms with Crippen LogP contribution in [0.4, 0.5) is 0 Å². The summed E-state index contributed by atoms with van der Waals surface area (Å²) >= 11 is 0. The minimum absolute atomic E-state index is 0.245. The van der Waals surface area contributed by atoms with E-state index in [0.717, 1.165) is 48.9 Å². The molecular weight excluding hydrogens is 474 g/mol. The van der Waals surface area contributed by atoms with E-state index < -0.39 is 18.3 Å². The first-order valence-electron chi connectivity index (χ1n) is 14.9. The molecule has 0 saturated heterocycles. The van der Waals surface area contributed by atoms with Crippen molar-refractivity contribution in [3.63, 3.8) is 0 Å². The van der Waals surface area contributed by atoms with E-state index in [4.69, 9.17) is 9.40 Å². The lowest BCUT2D eigenvalue weighted by atomic mass is 9.61. The minimum atomic E-state index is -0.643. The monoisotopic (exact) mass is 521 g/mol. The molecule has 0 spiro atoms. The number of aliphatic hydroxyl groups excluding tert-OH is 3. The van der Waals surface area contributed by atoms with E-state index in [-0.39, 0.29) is 10.8 Å². The summed E-state index contributed by atoms with van der Waals surface area (Å²) in [4.78, 5) is 4.69. The summed E-state index contributed by atoms with van der Waals surface area (Å²) in [6.45, 7) is 11.0. The molecule has 4 saturated carbocycles. The number of aliphatic hydroxyl groups is 3. The molecule has 5 nitrogen and oxygen atoms in total. The Morgan fingerprint density at radius 1 is 1.18 bits per heavy atom. The van der Waals surface area contributed by atoms with Crippen LogP contribution in [-0.4, -0.2) is 38.6 Å². The molecule has 4 fully saturated rings. The second-order valence-corrected chi connectivity index (χ2v) is 12.9. The van der Waals surface area contributed by atoms with Crippen LogP contribution in [0.2, 0.25) is 0 Å². The second kappa shape index (κ2) is 10.9. The van der Waals surface area contributed by atoms with Gasteiger partial charge in [-0.2, -0.15) is 0 Å². The maximum absolute atomic E-state index is 11.2. The van der Waals surface area contributed by atoms with Crippen molar-refractivity contribution in [2.75, 3.05) is 0 Å². The molecule has 4 aliphatic rings. The molecule has 0 amide bonds. The quantitative estimate of drug-likeness (QED) is 0.347. The van der Waals surface area contributed by atoms with Crippen LogP contribution < -0.4 is 0 Å². The summed E-state index contributed by atoms with van der Waals surface area (Å²) in [7, 11) is 0. The Labute approximate surface area is 228 Å². The van der Waals surface area contributed by atoms with Gasteiger partial charge in [-0.25, -0.2) is 4.98 Å². The van der Waals surface area contributed by atoms with Crippen molar-refractivity contribution < 1.29 is 19.7 Å². The molecule has 5 rings (SSSR count). The lowest BCUT2D eigenvalue weighted by molar-refractivity contribution is 0.0862. The molecule has 4 aliphatic carbocycles. The van der Waals surface area contributed by atoms with Crippen molar-refractivity contribution in [2.24, 2.45) is 23.2 Å². The van der Waals surface area contributed by atoms with Crippen molar-refractivity contribution in [1.29, 1.82) is 0 Å². The van der Waals surface area contributed by atoms with Gasteiger partial charge in [0.2, 0.25) is 5.89 Å². The Bertz CT molecular complexity index is 1110. The van der Waals surface area contributed by atoms with Crippen molar-refractivity contribution in [2.45, 2.75) is 115 Å². The van der Waals surface area contributed by atoms with Crippen molar-refractivity contribution >= 4 is 0 Å². The predicted molar refractivity (Wildman–Crippen MR) is 150 cm³/mol. The molecule has 1 aromatic rings. The molecule has 1 aromatic heterocycles. The zero-order chi connectivity index (χ0) is 27.1. The molecule has 0 aliphatic heterocycles. The summed E-state index contributed by atoms with van der Waals surface area (Å²) < 4.78 is 5.81. The van der Waals surface area contributed by atoms with Gasteiger partial charge in [-0.15, -0.1) is 0 Å². The van der Waals surface area contributed by atoms with E-state index in [0.29, 0.717) is 36.5 Å². The Morgan fingerprint density at radius 3 is 2.71 bits per heavy atom. The summed E-state index contributed by atoms with van der Waals surface area (Å²) in [6.07, 6.45) is 19.4. The van der Waals surface area contributed by atoms with Crippen LogP contribution in [0.25, 0.3) is 0 Å². The van der Waals surface area contributed by atoms with Gasteiger partial charge in [0.15, 0.2) is 0 Å². The van der Waals surface area contributed by atoms with Gasteiger partial charge in [0.25, 0.3) is 0 Å². The first-order chi connectivity index (χ1) is 18.2. The van der Waals surface area contributed by atoms with Crippen LogP contribution >= 0.6 is 0 Å². The van der Waals surface area contributed by atoms with Gasteiger partial charge >= 0.3 is 0 Å². The third-order valence-corrected chi connectivity index (χ3v) is 10.4. The smallest absolute Gasteiger partial charge is 0.203 e. The highest BCUT2D eigenvalue weighted by Gasteiger charge is 2.54. The molecule has 3 N–H and O–H groups in total. The molecule has 0 radical (unpaired) electrons. The average molecular weight is 522 g/mol. The summed E-state index contributed by atoms with van der Waals surface area (Å²) in [5.41, 5.74) is 4.14. The number of oxazole rings is 1. The predicted octanol–water partition coefficient (Wildman–Crippen LogP) is 6.35. The maximum atomic E-state index is 11.2. The standard InChI is InChI=1S/C33H47NO4/c1-5-7-25-20-38-31(34-25)33(16-17-33)30(37)14-9-21(2)27-12-13-28-23(8-6-15-32(27,28)4)10-11-24-18-26(35)19-29(36)22(24)3/h9-11,14,20-21,26-30,35-37H,3,5-8,12-13,15-19H2,1-2,4H3/b14-9+,23-10+,24-11-/t21-,26-,27-,28+,29+,30+,32-/m1/s1. The highest BCUT2D eigenvalue weighted by Crippen LogP contribution is 2.60. The SMILES string of the molecule is C=C1/C(=C\C=C2/CCC[C@]3(C)[C@@H]([C@H](C)/C=C/[C@H](O)C4(c5nc(CCC)co5)CC4)CC[C@@H]23)C[C@@H](O)C[C@@H]1O. The zero-order valence-electron chi connectivity index (χ0n) is 23.5. The Kier molecular flexibility index (Phi) is 7.92. The molecule has 5 heteroatoms. The molecule has 0 bridgehead atoms. The first kappa shape index (κ1) is 27.6. The van der Waals surface area contributed by atoms with Gasteiger partial charge in [-0.3, -0.25) is 0 Å². The maximum Gasteiger partial charge on any atom is 0.203 e. The number of aromatic nitrogens is 1. The van der Waals surface area contributed by atoms with Gasteiger partial charge < -0.3 is 19.7 Å². The van der Waals surface area contributed by atoms with E-state index in [9.17, 15) is 15.3 Å². The van der Waals surface area contributed by atoms with Crippen LogP contribution in [0.3, 0.4) is 0 Å². The van der Waals surface area contributed by atoms with Gasteiger partial charge in [0.05, 0.1) is 29.4 Å². The molecule has 7 atom stereocenters. The fourth-order valence-electron chi connectivity index (χ4n) is 7.88. The van der Waals surface area contributed by atoms with E-state index in [1.165, 1.54) is 31.3 Å². The van der Waals surface area contributed by atoms with E-state index >= 15 is 0 Å². The Hall–Kier alpha value is -1.95. The number of aryl methyl sites for hydroxylation is 1. The second-order valence-electron chi connectivity index (χ2n) is 12.9. The summed E-state index contributed by atoms with van der Waals surface area (Å²) in [5, 5.41) is 31.5. The van der Waals surface area contributed by atoms with Gasteiger partial charge in [-0.1, -0.05) is 63.6 Å². The first-order valence-corrected chi connectivity index (χ1v) is 14.9. The number of hydrogen-bond acceptors (Lipinski definition) is 5. The van der Waals surface area contributed by atoms with Crippen molar-refractivity contribution in [3.8, 4) is 0 Å². The molecule has 0 unspecified atom stereocenters. The van der Waals surface area contributed by atoms with Crippen molar-refractivity contribution in [3.05, 3.63) is 65.5 Å². The summed E-state index contributed by atoms with van der Waals surface area (Å²) in [5.74, 6) is 2.23. The normalized spacial score (nSPS) is 36.6. The van der Waals surface area contributed by atoms with E-state index in [1.54, 1.807) is 6.26 Å². The molecule has 38 heavy (non-hydrogen) atoms. The molecule has 0 aromatic carbocycles. The topological polar surface area (TPSA) is 86.7 Å². The fraction of sp³-hybridized carbons (Fsp3) is 0.667. The largest absolute Gasteiger partial charge is 0.448 e. The Morgan fingerprint density at radius 2 is 1.97 bits per heavy atom. The van der Waals surface area contributed by atoms with E-state index in [2.05, 4.69) is 45.6 Å². The van der Waals surface area contributed by atoms with Gasteiger partial charge in [0, 0.05) is 6.42 Å². The minimum Gasteiger partial charge on any atom is -0.448 e. The number of rotatable bonds is 8. The lowest BCUT2D eigenvalue weighted by Gasteiger charge is -2.44. The molecule has 208 valence electrons. The lowest BCUT2D eigenvalue weighted by Crippen LogP contribution is -2.35. The zero-order valence-corrected chi connectivity index (χ0v) is 23.5. The van der Waals surface area contributed by atoms with E-state index in [1.807, 2.05) is 6.08 Å². The highest BCUT2D eigenvalue weighted by atomic mass is 16.3. The Balaban J connectivity index is 1.27. The van der Waals surface area contributed by atoms with Crippen molar-refractivity contribution in [1.82, 2.24) is 4.98 Å². The molecular formula is C33H47NO4. The van der Waals surface area contributed by atoms with Crippen LogP contribution in [0.1, 0.15) is 96.6 Å². The third kappa shape index (κ3) is 5.14. The average Bonchev–Trinajstić information content (AvgIpc) is 3.42. The van der Waals surface area contributed by atoms with Crippen LogP contribution in [-0.2, 0) is 11.8 Å². The summed E-state index contributed by atoms with van der Waals surface area (Å²) in [6, 6.07) is 0. The number of hydrogen-bond donors (Lipinski definition) is 3. The number of fused-ring (bicyclic) bond motifs is 1. The van der Waals surface area contributed by atoms with Crippen LogP contribution in [0, 0.1) is 23.2 Å². The van der Waals surface area contributed by atoms with Gasteiger partial charge in [-0.05, 0) is 92.1 Å². The third-order valence-electron chi connectivity index (χ3n) is 10.4. The number of nitrogens with zero attached hydrogens (tertiary/aromatic N) is 1.